The molecule has 23 heavy (non-hydrogen) atoms. The van der Waals surface area contributed by atoms with Gasteiger partial charge >= 0.3 is 5.97 Å². The first-order chi connectivity index (χ1) is 11.1. The van der Waals surface area contributed by atoms with Gasteiger partial charge in [0.25, 0.3) is 5.91 Å². The molecule has 1 N–H and O–H groups in total. The number of hydrogen-bond donors (Lipinski definition) is 1. The lowest BCUT2D eigenvalue weighted by atomic mass is 9.95. The number of ether oxygens (including phenoxy) is 3. The summed E-state index contributed by atoms with van der Waals surface area (Å²) in [5, 5.41) is 2.66. The molecule has 0 unspecified atom stereocenters. The molecule has 0 aromatic heterocycles. The molecule has 0 fully saturated rings. The van der Waals surface area contributed by atoms with Crippen LogP contribution in [0.2, 0.25) is 0 Å². The topological polar surface area (TPSA) is 73.9 Å². The van der Waals surface area contributed by atoms with Crippen molar-refractivity contribution < 1.29 is 23.8 Å². The summed E-state index contributed by atoms with van der Waals surface area (Å²) in [4.78, 5) is 23.7. The molecule has 6 heteroatoms. The van der Waals surface area contributed by atoms with E-state index < -0.39 is 5.91 Å². The van der Waals surface area contributed by atoms with Crippen molar-refractivity contribution in [2.24, 2.45) is 5.92 Å². The SMILES string of the molecule is COc1ccc(NC(=O)COC(=O)[C@@H]2CC=CCC2)cc1OC. The molecule has 0 heterocycles. The van der Waals surface area contributed by atoms with Gasteiger partial charge in [0.15, 0.2) is 18.1 Å². The number of anilines is 1. The Morgan fingerprint density at radius 2 is 1.96 bits per heavy atom. The highest BCUT2D eigenvalue weighted by Crippen LogP contribution is 2.29. The first-order valence-corrected chi connectivity index (χ1v) is 7.47. The molecule has 124 valence electrons. The second kappa shape index (κ2) is 8.22. The third kappa shape index (κ3) is 4.74. The molecule has 1 aromatic rings. The Morgan fingerprint density at radius 1 is 1.17 bits per heavy atom. The van der Waals surface area contributed by atoms with Crippen LogP contribution in [0.3, 0.4) is 0 Å². The average molecular weight is 319 g/mol. The molecule has 1 aliphatic rings. The summed E-state index contributed by atoms with van der Waals surface area (Å²) in [6.45, 7) is -0.298. The predicted octanol–water partition coefficient (Wildman–Crippen LogP) is 2.54. The van der Waals surface area contributed by atoms with Crippen molar-refractivity contribution in [2.45, 2.75) is 19.3 Å². The number of carbonyl (C=O) groups is 2. The molecule has 1 aromatic carbocycles. The van der Waals surface area contributed by atoms with E-state index in [0.717, 1.165) is 12.8 Å². The number of rotatable bonds is 6. The van der Waals surface area contributed by atoms with Crippen LogP contribution in [0.15, 0.2) is 30.4 Å². The second-order valence-corrected chi connectivity index (χ2v) is 5.21. The molecule has 2 rings (SSSR count). The van der Waals surface area contributed by atoms with Gasteiger partial charge in [-0.25, -0.2) is 0 Å². The third-order valence-electron chi connectivity index (χ3n) is 3.62. The van der Waals surface area contributed by atoms with E-state index in [0.29, 0.717) is 23.6 Å². The molecule has 6 nitrogen and oxygen atoms in total. The number of methoxy groups -OCH3 is 2. The van der Waals surface area contributed by atoms with Crippen LogP contribution < -0.4 is 14.8 Å². The third-order valence-corrected chi connectivity index (χ3v) is 3.62. The van der Waals surface area contributed by atoms with Gasteiger partial charge < -0.3 is 19.5 Å². The fraction of sp³-hybridized carbons (Fsp3) is 0.412. The Balaban J connectivity index is 1.84. The van der Waals surface area contributed by atoms with Crippen LogP contribution >= 0.6 is 0 Å². The standard InChI is InChI=1S/C17H21NO5/c1-21-14-9-8-13(10-15(14)22-2)18-16(19)11-23-17(20)12-6-4-3-5-7-12/h3-4,8-10,12H,5-7,11H2,1-2H3,(H,18,19)/t12-/m1/s1. The van der Waals surface area contributed by atoms with Crippen LogP contribution in [0.1, 0.15) is 19.3 Å². The van der Waals surface area contributed by atoms with E-state index in [1.54, 1.807) is 18.2 Å². The van der Waals surface area contributed by atoms with Gasteiger partial charge in [-0.05, 0) is 31.4 Å². The quantitative estimate of drug-likeness (QED) is 0.644. The molecule has 0 saturated carbocycles. The van der Waals surface area contributed by atoms with Gasteiger partial charge in [0, 0.05) is 11.8 Å². The Hall–Kier alpha value is -2.50. The molecular formula is C17H21NO5. The smallest absolute Gasteiger partial charge is 0.309 e. The van der Waals surface area contributed by atoms with Crippen LogP contribution in [0.25, 0.3) is 0 Å². The fourth-order valence-electron chi connectivity index (χ4n) is 2.37. The lowest BCUT2D eigenvalue weighted by Gasteiger charge is -2.16. The molecule has 1 atom stereocenters. The number of carbonyl (C=O) groups excluding carboxylic acids is 2. The summed E-state index contributed by atoms with van der Waals surface area (Å²) < 4.78 is 15.4. The van der Waals surface area contributed by atoms with Gasteiger partial charge in [-0.15, -0.1) is 0 Å². The van der Waals surface area contributed by atoms with E-state index in [9.17, 15) is 9.59 Å². The minimum absolute atomic E-state index is 0.145. The first-order valence-electron chi connectivity index (χ1n) is 7.47. The van der Waals surface area contributed by atoms with Gasteiger partial charge in [-0.1, -0.05) is 12.2 Å². The van der Waals surface area contributed by atoms with Gasteiger partial charge in [-0.3, -0.25) is 9.59 Å². The number of allylic oxidation sites excluding steroid dienone is 2. The van der Waals surface area contributed by atoms with Crippen molar-refractivity contribution in [1.29, 1.82) is 0 Å². The number of nitrogens with one attached hydrogen (secondary N) is 1. The largest absolute Gasteiger partial charge is 0.493 e. The average Bonchev–Trinajstić information content (AvgIpc) is 2.60. The van der Waals surface area contributed by atoms with Crippen molar-refractivity contribution >= 4 is 17.6 Å². The summed E-state index contributed by atoms with van der Waals surface area (Å²) in [6.07, 6.45) is 6.34. The second-order valence-electron chi connectivity index (χ2n) is 5.21. The highest BCUT2D eigenvalue weighted by molar-refractivity contribution is 5.93. The van der Waals surface area contributed by atoms with E-state index >= 15 is 0 Å². The molecule has 0 radical (unpaired) electrons. The Kier molecular flexibility index (Phi) is 6.02. The van der Waals surface area contributed by atoms with Gasteiger partial charge in [-0.2, -0.15) is 0 Å². The lowest BCUT2D eigenvalue weighted by molar-refractivity contribution is -0.151. The Labute approximate surface area is 135 Å². The van der Waals surface area contributed by atoms with E-state index in [1.165, 1.54) is 14.2 Å². The number of hydrogen-bond acceptors (Lipinski definition) is 5. The molecular weight excluding hydrogens is 298 g/mol. The zero-order chi connectivity index (χ0) is 16.7. The Bertz CT molecular complexity index is 597. The molecule has 0 saturated heterocycles. The van der Waals surface area contributed by atoms with Gasteiger partial charge in [0.1, 0.15) is 0 Å². The molecule has 1 aliphatic carbocycles. The molecule has 1 amide bonds. The summed E-state index contributed by atoms with van der Waals surface area (Å²) >= 11 is 0. The monoisotopic (exact) mass is 319 g/mol. The van der Waals surface area contributed by atoms with Crippen molar-refractivity contribution in [3.8, 4) is 11.5 Å². The normalized spacial score (nSPS) is 16.5. The summed E-state index contributed by atoms with van der Waals surface area (Å²) in [6, 6.07) is 5.02. The number of benzene rings is 1. The first kappa shape index (κ1) is 16.9. The van der Waals surface area contributed by atoms with Crippen LogP contribution in [0, 0.1) is 5.92 Å². The van der Waals surface area contributed by atoms with Crippen LogP contribution in [0.5, 0.6) is 11.5 Å². The molecule has 0 bridgehead atoms. The zero-order valence-corrected chi connectivity index (χ0v) is 13.3. The highest BCUT2D eigenvalue weighted by Gasteiger charge is 2.21. The van der Waals surface area contributed by atoms with Crippen molar-refractivity contribution in [1.82, 2.24) is 0 Å². The summed E-state index contributed by atoms with van der Waals surface area (Å²) in [5.74, 6) is 0.223. The van der Waals surface area contributed by atoms with E-state index in [1.807, 2.05) is 12.2 Å². The lowest BCUT2D eigenvalue weighted by Crippen LogP contribution is -2.25. The highest BCUT2D eigenvalue weighted by atomic mass is 16.5. The van der Waals surface area contributed by atoms with Crippen LogP contribution in [0.4, 0.5) is 5.69 Å². The zero-order valence-electron chi connectivity index (χ0n) is 13.3. The van der Waals surface area contributed by atoms with Gasteiger partial charge in [0.2, 0.25) is 0 Å². The molecule has 0 aliphatic heterocycles. The van der Waals surface area contributed by atoms with Crippen LogP contribution in [-0.4, -0.2) is 32.7 Å². The maximum absolute atomic E-state index is 11.9. The maximum atomic E-state index is 11.9. The summed E-state index contributed by atoms with van der Waals surface area (Å²) in [7, 11) is 3.06. The summed E-state index contributed by atoms with van der Waals surface area (Å²) in [5.41, 5.74) is 0.546. The van der Waals surface area contributed by atoms with Crippen LogP contribution in [-0.2, 0) is 14.3 Å². The number of amides is 1. The predicted molar refractivity (Wildman–Crippen MR) is 85.6 cm³/mol. The Morgan fingerprint density at radius 3 is 2.61 bits per heavy atom. The minimum atomic E-state index is -0.392. The maximum Gasteiger partial charge on any atom is 0.309 e. The van der Waals surface area contributed by atoms with E-state index in [-0.39, 0.29) is 18.5 Å². The van der Waals surface area contributed by atoms with Crippen molar-refractivity contribution in [3.63, 3.8) is 0 Å². The van der Waals surface area contributed by atoms with E-state index in [4.69, 9.17) is 14.2 Å². The van der Waals surface area contributed by atoms with Crippen molar-refractivity contribution in [3.05, 3.63) is 30.4 Å². The van der Waals surface area contributed by atoms with Gasteiger partial charge in [0.05, 0.1) is 20.1 Å². The van der Waals surface area contributed by atoms with Crippen molar-refractivity contribution in [2.75, 3.05) is 26.1 Å². The van der Waals surface area contributed by atoms with E-state index in [2.05, 4.69) is 5.32 Å². The minimum Gasteiger partial charge on any atom is -0.493 e. The number of esters is 1. The molecule has 0 spiro atoms. The fourth-order valence-corrected chi connectivity index (χ4v) is 2.37.